The SMILES string of the molecule is CC[C@@H](C)[C@H](C(=O)NCCc1cscn1)c1ccccc1. The standard InChI is InChI=1S/C17H22N2OS/c1-3-13(2)16(14-7-5-4-6-8-14)17(20)18-10-9-15-11-21-12-19-15/h4-8,11-13,16H,3,9-10H2,1-2H3,(H,18,20)/t13-,16+/m1/s1. The zero-order chi connectivity index (χ0) is 15.1. The Hall–Kier alpha value is -1.68. The smallest absolute Gasteiger partial charge is 0.227 e. The molecule has 112 valence electrons. The van der Waals surface area contributed by atoms with Gasteiger partial charge >= 0.3 is 0 Å². The second-order valence-corrected chi connectivity index (χ2v) is 6.01. The van der Waals surface area contributed by atoms with Crippen LogP contribution in [0.15, 0.2) is 41.2 Å². The number of hydrogen-bond donors (Lipinski definition) is 1. The van der Waals surface area contributed by atoms with Gasteiger partial charge in [0.25, 0.3) is 0 Å². The van der Waals surface area contributed by atoms with Crippen molar-refractivity contribution in [3.05, 3.63) is 52.5 Å². The Bertz CT molecular complexity index is 539. The van der Waals surface area contributed by atoms with E-state index in [0.717, 1.165) is 24.1 Å². The molecule has 0 aliphatic rings. The van der Waals surface area contributed by atoms with Crippen LogP contribution < -0.4 is 5.32 Å². The van der Waals surface area contributed by atoms with E-state index in [9.17, 15) is 4.79 Å². The summed E-state index contributed by atoms with van der Waals surface area (Å²) in [6.45, 7) is 4.91. The Kier molecular flexibility index (Phi) is 5.93. The predicted molar refractivity (Wildman–Crippen MR) is 87.5 cm³/mol. The lowest BCUT2D eigenvalue weighted by Gasteiger charge is -2.22. The number of rotatable bonds is 7. The van der Waals surface area contributed by atoms with E-state index >= 15 is 0 Å². The van der Waals surface area contributed by atoms with Crippen LogP contribution in [0, 0.1) is 5.92 Å². The van der Waals surface area contributed by atoms with Crippen molar-refractivity contribution < 1.29 is 4.79 Å². The highest BCUT2D eigenvalue weighted by atomic mass is 32.1. The molecule has 3 nitrogen and oxygen atoms in total. The average Bonchev–Trinajstić information content (AvgIpc) is 3.01. The molecule has 0 saturated heterocycles. The molecule has 2 aromatic rings. The summed E-state index contributed by atoms with van der Waals surface area (Å²) in [5.41, 5.74) is 3.96. The van der Waals surface area contributed by atoms with Gasteiger partial charge in [-0.25, -0.2) is 4.98 Å². The van der Waals surface area contributed by atoms with Crippen molar-refractivity contribution in [1.82, 2.24) is 10.3 Å². The van der Waals surface area contributed by atoms with Gasteiger partial charge < -0.3 is 5.32 Å². The third-order valence-electron chi connectivity index (χ3n) is 3.82. The summed E-state index contributed by atoms with van der Waals surface area (Å²) >= 11 is 1.59. The lowest BCUT2D eigenvalue weighted by Crippen LogP contribution is -2.34. The molecule has 0 bridgehead atoms. The molecule has 1 aromatic carbocycles. The van der Waals surface area contributed by atoms with Crippen molar-refractivity contribution in [3.63, 3.8) is 0 Å². The predicted octanol–water partition coefficient (Wildman–Crippen LogP) is 3.63. The Morgan fingerprint density at radius 1 is 1.33 bits per heavy atom. The third-order valence-corrected chi connectivity index (χ3v) is 4.45. The summed E-state index contributed by atoms with van der Waals surface area (Å²) in [4.78, 5) is 16.8. The van der Waals surface area contributed by atoms with E-state index in [2.05, 4.69) is 24.1 Å². The van der Waals surface area contributed by atoms with Crippen LogP contribution >= 0.6 is 11.3 Å². The molecule has 1 aromatic heterocycles. The van der Waals surface area contributed by atoms with Gasteiger partial charge in [0.15, 0.2) is 0 Å². The van der Waals surface area contributed by atoms with Gasteiger partial charge in [-0.05, 0) is 11.5 Å². The first-order valence-electron chi connectivity index (χ1n) is 7.42. The van der Waals surface area contributed by atoms with Crippen molar-refractivity contribution >= 4 is 17.2 Å². The molecule has 1 heterocycles. The number of amides is 1. The van der Waals surface area contributed by atoms with Gasteiger partial charge in [-0.1, -0.05) is 50.6 Å². The van der Waals surface area contributed by atoms with E-state index in [4.69, 9.17) is 0 Å². The number of carbonyl (C=O) groups excluding carboxylic acids is 1. The number of thiazole rings is 1. The summed E-state index contributed by atoms with van der Waals surface area (Å²) in [5, 5.41) is 5.08. The fourth-order valence-electron chi connectivity index (χ4n) is 2.42. The Balaban J connectivity index is 1.98. The van der Waals surface area contributed by atoms with Crippen LogP contribution in [0.25, 0.3) is 0 Å². The molecule has 0 unspecified atom stereocenters. The van der Waals surface area contributed by atoms with Gasteiger partial charge in [-0.3, -0.25) is 4.79 Å². The quantitative estimate of drug-likeness (QED) is 0.848. The van der Waals surface area contributed by atoms with Gasteiger partial charge in [0.2, 0.25) is 5.91 Å². The topological polar surface area (TPSA) is 42.0 Å². The lowest BCUT2D eigenvalue weighted by atomic mass is 9.85. The second kappa shape index (κ2) is 7.93. The number of nitrogens with one attached hydrogen (secondary N) is 1. The van der Waals surface area contributed by atoms with Crippen molar-refractivity contribution in [2.45, 2.75) is 32.6 Å². The van der Waals surface area contributed by atoms with Crippen LogP contribution in [0.5, 0.6) is 0 Å². The number of benzene rings is 1. The van der Waals surface area contributed by atoms with Crippen LogP contribution in [0.4, 0.5) is 0 Å². The van der Waals surface area contributed by atoms with Gasteiger partial charge in [-0.2, -0.15) is 0 Å². The maximum absolute atomic E-state index is 12.5. The zero-order valence-electron chi connectivity index (χ0n) is 12.6. The average molecular weight is 302 g/mol. The van der Waals surface area contributed by atoms with Crippen molar-refractivity contribution in [3.8, 4) is 0 Å². The molecule has 0 fully saturated rings. The normalized spacial score (nSPS) is 13.6. The summed E-state index contributed by atoms with van der Waals surface area (Å²) in [6, 6.07) is 10.0. The molecular formula is C17H22N2OS. The minimum absolute atomic E-state index is 0.0772. The van der Waals surface area contributed by atoms with Crippen molar-refractivity contribution in [1.29, 1.82) is 0 Å². The molecule has 2 atom stereocenters. The van der Waals surface area contributed by atoms with E-state index in [1.807, 2.05) is 41.2 Å². The van der Waals surface area contributed by atoms with Gasteiger partial charge in [-0.15, -0.1) is 11.3 Å². The monoisotopic (exact) mass is 302 g/mol. The minimum atomic E-state index is -0.0772. The summed E-state index contributed by atoms with van der Waals surface area (Å²) < 4.78 is 0. The summed E-state index contributed by atoms with van der Waals surface area (Å²) in [5.74, 6) is 0.365. The molecule has 0 saturated carbocycles. The largest absolute Gasteiger partial charge is 0.355 e. The van der Waals surface area contributed by atoms with Crippen LogP contribution in [-0.2, 0) is 11.2 Å². The number of aromatic nitrogens is 1. The first kappa shape index (κ1) is 15.7. The molecule has 0 aliphatic carbocycles. The molecule has 0 spiro atoms. The maximum atomic E-state index is 12.5. The van der Waals surface area contributed by atoms with Gasteiger partial charge in [0.1, 0.15) is 0 Å². The molecule has 1 amide bonds. The van der Waals surface area contributed by atoms with Crippen LogP contribution in [-0.4, -0.2) is 17.4 Å². The molecule has 21 heavy (non-hydrogen) atoms. The lowest BCUT2D eigenvalue weighted by molar-refractivity contribution is -0.123. The number of hydrogen-bond acceptors (Lipinski definition) is 3. The molecular weight excluding hydrogens is 280 g/mol. The number of carbonyl (C=O) groups is 1. The third kappa shape index (κ3) is 4.39. The highest BCUT2D eigenvalue weighted by Gasteiger charge is 2.25. The highest BCUT2D eigenvalue weighted by Crippen LogP contribution is 2.27. The highest BCUT2D eigenvalue weighted by molar-refractivity contribution is 7.07. The Morgan fingerprint density at radius 3 is 2.71 bits per heavy atom. The Morgan fingerprint density at radius 2 is 2.10 bits per heavy atom. The molecule has 2 rings (SSSR count). The van der Waals surface area contributed by atoms with Gasteiger partial charge in [0, 0.05) is 18.3 Å². The Labute approximate surface area is 130 Å². The molecule has 1 N–H and O–H groups in total. The van der Waals surface area contributed by atoms with Crippen LogP contribution in [0.3, 0.4) is 0 Å². The van der Waals surface area contributed by atoms with E-state index in [0.29, 0.717) is 12.5 Å². The first-order chi connectivity index (χ1) is 10.2. The van der Waals surface area contributed by atoms with Crippen molar-refractivity contribution in [2.75, 3.05) is 6.54 Å². The minimum Gasteiger partial charge on any atom is -0.355 e. The summed E-state index contributed by atoms with van der Waals surface area (Å²) in [6.07, 6.45) is 1.77. The first-order valence-corrected chi connectivity index (χ1v) is 8.36. The second-order valence-electron chi connectivity index (χ2n) is 5.29. The van der Waals surface area contributed by atoms with Crippen molar-refractivity contribution in [2.24, 2.45) is 5.92 Å². The van der Waals surface area contributed by atoms with Gasteiger partial charge in [0.05, 0.1) is 17.1 Å². The van der Waals surface area contributed by atoms with E-state index in [1.165, 1.54) is 0 Å². The fraction of sp³-hybridized carbons (Fsp3) is 0.412. The molecule has 0 aliphatic heterocycles. The van der Waals surface area contributed by atoms with E-state index < -0.39 is 0 Å². The summed E-state index contributed by atoms with van der Waals surface area (Å²) in [7, 11) is 0. The van der Waals surface area contributed by atoms with E-state index in [1.54, 1.807) is 11.3 Å². The number of nitrogens with zero attached hydrogens (tertiary/aromatic N) is 1. The van der Waals surface area contributed by atoms with Crippen LogP contribution in [0.1, 0.15) is 37.4 Å². The fourth-order valence-corrected chi connectivity index (χ4v) is 3.01. The maximum Gasteiger partial charge on any atom is 0.227 e. The molecule has 4 heteroatoms. The zero-order valence-corrected chi connectivity index (χ0v) is 13.4. The molecule has 0 radical (unpaired) electrons. The van der Waals surface area contributed by atoms with Crippen LogP contribution in [0.2, 0.25) is 0 Å². The van der Waals surface area contributed by atoms with E-state index in [-0.39, 0.29) is 11.8 Å².